The van der Waals surface area contributed by atoms with E-state index in [1.165, 1.54) is 29.2 Å². The molecule has 0 bridgehead atoms. The first-order valence-electron chi connectivity index (χ1n) is 8.38. The van der Waals surface area contributed by atoms with Crippen LogP contribution in [-0.2, 0) is 10.0 Å². The molecule has 1 atom stereocenters. The van der Waals surface area contributed by atoms with Crippen molar-refractivity contribution in [3.05, 3.63) is 78.4 Å². The zero-order valence-electron chi connectivity index (χ0n) is 15.1. The molecule has 3 rings (SSSR count). The van der Waals surface area contributed by atoms with Crippen LogP contribution in [0.5, 0.6) is 0 Å². The van der Waals surface area contributed by atoms with Gasteiger partial charge in [0.25, 0.3) is 0 Å². The molecule has 1 N–H and O–H groups in total. The Morgan fingerprint density at radius 3 is 2.56 bits per heavy atom. The Morgan fingerprint density at radius 2 is 1.89 bits per heavy atom. The van der Waals surface area contributed by atoms with Crippen LogP contribution in [0.4, 0.5) is 4.39 Å². The number of sulfonamides is 1. The Kier molecular flexibility index (Phi) is 5.69. The van der Waals surface area contributed by atoms with E-state index in [0.29, 0.717) is 5.56 Å². The van der Waals surface area contributed by atoms with Gasteiger partial charge in [-0.25, -0.2) is 22.2 Å². The molecule has 0 saturated carbocycles. The Morgan fingerprint density at radius 1 is 1.15 bits per heavy atom. The summed E-state index contributed by atoms with van der Waals surface area (Å²) < 4.78 is 42.9. The fourth-order valence-electron chi connectivity index (χ4n) is 2.75. The number of likely N-dealkylation sites (N-methyl/N-ethyl adjacent to an activating group) is 1. The molecule has 0 saturated heterocycles. The number of rotatable bonds is 7. The average molecular weight is 388 g/mol. The summed E-state index contributed by atoms with van der Waals surface area (Å²) in [6, 6.07) is 15.1. The van der Waals surface area contributed by atoms with Gasteiger partial charge in [-0.1, -0.05) is 30.3 Å². The van der Waals surface area contributed by atoms with Gasteiger partial charge in [-0.2, -0.15) is 5.10 Å². The summed E-state index contributed by atoms with van der Waals surface area (Å²) in [6.45, 7) is 0.106. The Labute approximate surface area is 158 Å². The highest BCUT2D eigenvalue weighted by atomic mass is 32.2. The van der Waals surface area contributed by atoms with Gasteiger partial charge in [-0.15, -0.1) is 0 Å². The number of hydrogen-bond donors (Lipinski definition) is 1. The van der Waals surface area contributed by atoms with Gasteiger partial charge in [-0.05, 0) is 43.9 Å². The zero-order valence-corrected chi connectivity index (χ0v) is 15.9. The summed E-state index contributed by atoms with van der Waals surface area (Å²) in [6.07, 6.45) is 2.77. The van der Waals surface area contributed by atoms with Crippen LogP contribution in [-0.4, -0.2) is 43.7 Å². The minimum atomic E-state index is -3.75. The second-order valence-electron chi connectivity index (χ2n) is 6.34. The molecule has 0 aliphatic carbocycles. The van der Waals surface area contributed by atoms with E-state index >= 15 is 0 Å². The number of benzene rings is 2. The summed E-state index contributed by atoms with van der Waals surface area (Å²) >= 11 is 0. The van der Waals surface area contributed by atoms with Crippen LogP contribution < -0.4 is 4.72 Å². The van der Waals surface area contributed by atoms with Crippen molar-refractivity contribution in [1.82, 2.24) is 19.4 Å². The number of halogens is 1. The van der Waals surface area contributed by atoms with Crippen LogP contribution in [0, 0.1) is 5.82 Å². The van der Waals surface area contributed by atoms with Crippen LogP contribution in [0.2, 0.25) is 0 Å². The fraction of sp³-hybridized carbons (Fsp3) is 0.211. The van der Waals surface area contributed by atoms with Crippen molar-refractivity contribution < 1.29 is 12.8 Å². The SMILES string of the molecule is CN(C)C(CNS(=O)(=O)c1cnn(-c2ccccc2)c1)c1cccc(F)c1. The van der Waals surface area contributed by atoms with Gasteiger partial charge in [0.15, 0.2) is 0 Å². The summed E-state index contributed by atoms with van der Waals surface area (Å²) in [5, 5.41) is 4.12. The predicted molar refractivity (Wildman–Crippen MR) is 102 cm³/mol. The molecular weight excluding hydrogens is 367 g/mol. The third kappa shape index (κ3) is 4.60. The van der Waals surface area contributed by atoms with E-state index in [1.54, 1.807) is 12.1 Å². The first kappa shape index (κ1) is 19.2. The highest BCUT2D eigenvalue weighted by Gasteiger charge is 2.21. The Bertz CT molecular complexity index is 1000. The van der Waals surface area contributed by atoms with E-state index in [2.05, 4.69) is 9.82 Å². The van der Waals surface area contributed by atoms with Crippen molar-refractivity contribution in [3.63, 3.8) is 0 Å². The van der Waals surface area contributed by atoms with Gasteiger partial charge in [0.05, 0.1) is 18.1 Å². The minimum absolute atomic E-state index is 0.0723. The zero-order chi connectivity index (χ0) is 19.4. The fourth-order valence-corrected chi connectivity index (χ4v) is 3.72. The summed E-state index contributed by atoms with van der Waals surface area (Å²) in [7, 11) is -0.114. The Balaban J connectivity index is 1.77. The molecule has 142 valence electrons. The molecule has 2 aromatic carbocycles. The standard InChI is InChI=1S/C19H21FN4O2S/c1-23(2)19(15-7-6-8-16(20)11-15)13-22-27(25,26)18-12-21-24(14-18)17-9-4-3-5-10-17/h3-12,14,19,22H,13H2,1-2H3. The summed E-state index contributed by atoms with van der Waals surface area (Å²) in [4.78, 5) is 1.91. The van der Waals surface area contributed by atoms with Crippen LogP contribution in [0.3, 0.4) is 0 Å². The first-order valence-corrected chi connectivity index (χ1v) is 9.87. The monoisotopic (exact) mass is 388 g/mol. The number of hydrogen-bond acceptors (Lipinski definition) is 4. The molecule has 8 heteroatoms. The third-order valence-corrected chi connectivity index (χ3v) is 5.59. The van der Waals surface area contributed by atoms with E-state index in [1.807, 2.05) is 49.3 Å². The smallest absolute Gasteiger partial charge is 0.243 e. The van der Waals surface area contributed by atoms with E-state index in [9.17, 15) is 12.8 Å². The molecule has 0 radical (unpaired) electrons. The van der Waals surface area contributed by atoms with Crippen molar-refractivity contribution in [1.29, 1.82) is 0 Å². The highest BCUT2D eigenvalue weighted by molar-refractivity contribution is 7.89. The van der Waals surface area contributed by atoms with Crippen molar-refractivity contribution in [3.8, 4) is 5.69 Å². The molecule has 0 aliphatic heterocycles. The second-order valence-corrected chi connectivity index (χ2v) is 8.11. The summed E-state index contributed by atoms with van der Waals surface area (Å²) in [5.74, 6) is -0.355. The molecule has 1 heterocycles. The number of nitrogens with zero attached hydrogens (tertiary/aromatic N) is 3. The molecule has 0 aliphatic rings. The van der Waals surface area contributed by atoms with Crippen molar-refractivity contribution >= 4 is 10.0 Å². The molecule has 0 fully saturated rings. The molecule has 0 amide bonds. The molecule has 27 heavy (non-hydrogen) atoms. The highest BCUT2D eigenvalue weighted by Crippen LogP contribution is 2.19. The minimum Gasteiger partial charge on any atom is -0.301 e. The van der Waals surface area contributed by atoms with E-state index in [0.717, 1.165) is 5.69 Å². The molecule has 1 aromatic heterocycles. The van der Waals surface area contributed by atoms with E-state index in [-0.39, 0.29) is 23.3 Å². The van der Waals surface area contributed by atoms with Crippen LogP contribution in [0.25, 0.3) is 5.69 Å². The maximum atomic E-state index is 13.5. The molecule has 3 aromatic rings. The lowest BCUT2D eigenvalue weighted by Gasteiger charge is -2.25. The molecule has 6 nitrogen and oxygen atoms in total. The lowest BCUT2D eigenvalue weighted by Crippen LogP contribution is -2.34. The van der Waals surface area contributed by atoms with E-state index in [4.69, 9.17) is 0 Å². The van der Waals surface area contributed by atoms with Gasteiger partial charge in [0, 0.05) is 12.6 Å². The number of para-hydroxylation sites is 1. The van der Waals surface area contributed by atoms with Gasteiger partial charge in [-0.3, -0.25) is 0 Å². The van der Waals surface area contributed by atoms with Gasteiger partial charge < -0.3 is 4.90 Å². The van der Waals surface area contributed by atoms with Crippen molar-refractivity contribution in [2.45, 2.75) is 10.9 Å². The second kappa shape index (κ2) is 7.99. The lowest BCUT2D eigenvalue weighted by atomic mass is 10.1. The average Bonchev–Trinajstić information content (AvgIpc) is 3.13. The maximum absolute atomic E-state index is 13.5. The Hall–Kier alpha value is -2.55. The van der Waals surface area contributed by atoms with Crippen molar-refractivity contribution in [2.75, 3.05) is 20.6 Å². The van der Waals surface area contributed by atoms with Crippen LogP contribution in [0.1, 0.15) is 11.6 Å². The largest absolute Gasteiger partial charge is 0.301 e. The lowest BCUT2D eigenvalue weighted by molar-refractivity contribution is 0.299. The maximum Gasteiger partial charge on any atom is 0.243 e. The third-order valence-electron chi connectivity index (χ3n) is 4.21. The quantitative estimate of drug-likeness (QED) is 0.676. The predicted octanol–water partition coefficient (Wildman–Crippen LogP) is 2.59. The van der Waals surface area contributed by atoms with Crippen LogP contribution in [0.15, 0.2) is 71.9 Å². The summed E-state index contributed by atoms with van der Waals surface area (Å²) in [5.41, 5.74) is 1.47. The molecule has 0 spiro atoms. The van der Waals surface area contributed by atoms with Gasteiger partial charge in [0.2, 0.25) is 10.0 Å². The topological polar surface area (TPSA) is 67.2 Å². The number of nitrogens with one attached hydrogen (secondary N) is 1. The van der Waals surface area contributed by atoms with Crippen LogP contribution >= 0.6 is 0 Å². The van der Waals surface area contributed by atoms with Gasteiger partial charge >= 0.3 is 0 Å². The number of aromatic nitrogens is 2. The first-order chi connectivity index (χ1) is 12.9. The van der Waals surface area contributed by atoms with Crippen molar-refractivity contribution in [2.24, 2.45) is 0 Å². The van der Waals surface area contributed by atoms with E-state index < -0.39 is 10.0 Å². The molecule has 1 unspecified atom stereocenters. The normalized spacial score (nSPS) is 13.0. The molecular formula is C19H21FN4O2S. The van der Waals surface area contributed by atoms with Gasteiger partial charge in [0.1, 0.15) is 10.7 Å².